The van der Waals surface area contributed by atoms with Crippen molar-refractivity contribution in [2.45, 2.75) is 32.9 Å². The van der Waals surface area contributed by atoms with Crippen molar-refractivity contribution in [1.82, 2.24) is 4.57 Å². The van der Waals surface area contributed by atoms with Crippen LogP contribution in [0.4, 0.5) is 0 Å². The predicted molar refractivity (Wildman–Crippen MR) is 71.5 cm³/mol. The smallest absolute Gasteiger partial charge is 0.143 e. The SMILES string of the molecule is CCn1cc(CC(C)N)c2cccc(OC)c21. The first kappa shape index (κ1) is 12.0. The van der Waals surface area contributed by atoms with Crippen molar-refractivity contribution in [3.05, 3.63) is 30.0 Å². The molecule has 0 radical (unpaired) electrons. The van der Waals surface area contributed by atoms with Gasteiger partial charge in [-0.15, -0.1) is 0 Å². The van der Waals surface area contributed by atoms with Gasteiger partial charge in [0, 0.05) is 24.2 Å². The van der Waals surface area contributed by atoms with Gasteiger partial charge in [0.1, 0.15) is 5.75 Å². The van der Waals surface area contributed by atoms with E-state index >= 15 is 0 Å². The Labute approximate surface area is 102 Å². The highest BCUT2D eigenvalue weighted by Crippen LogP contribution is 2.30. The minimum Gasteiger partial charge on any atom is -0.495 e. The van der Waals surface area contributed by atoms with Gasteiger partial charge < -0.3 is 15.0 Å². The van der Waals surface area contributed by atoms with Crippen LogP contribution in [0.5, 0.6) is 5.75 Å². The highest BCUT2D eigenvalue weighted by atomic mass is 16.5. The van der Waals surface area contributed by atoms with Crippen LogP contribution >= 0.6 is 0 Å². The largest absolute Gasteiger partial charge is 0.495 e. The third kappa shape index (κ3) is 2.15. The van der Waals surface area contributed by atoms with Crippen molar-refractivity contribution in [3.63, 3.8) is 0 Å². The summed E-state index contributed by atoms with van der Waals surface area (Å²) in [6, 6.07) is 6.36. The lowest BCUT2D eigenvalue weighted by atomic mass is 10.1. The zero-order chi connectivity index (χ0) is 12.4. The number of para-hydroxylation sites is 1. The van der Waals surface area contributed by atoms with Crippen LogP contribution < -0.4 is 10.5 Å². The molecule has 1 unspecified atom stereocenters. The molecular formula is C14H20N2O. The highest BCUT2D eigenvalue weighted by Gasteiger charge is 2.12. The monoisotopic (exact) mass is 232 g/mol. The van der Waals surface area contributed by atoms with E-state index in [0.29, 0.717) is 0 Å². The summed E-state index contributed by atoms with van der Waals surface area (Å²) < 4.78 is 7.66. The second kappa shape index (κ2) is 4.80. The van der Waals surface area contributed by atoms with Crippen molar-refractivity contribution in [2.75, 3.05) is 7.11 Å². The molecule has 1 atom stereocenters. The molecule has 0 fully saturated rings. The van der Waals surface area contributed by atoms with Gasteiger partial charge in [0.15, 0.2) is 0 Å². The summed E-state index contributed by atoms with van der Waals surface area (Å²) in [6.45, 7) is 5.12. The van der Waals surface area contributed by atoms with Crippen molar-refractivity contribution >= 4 is 10.9 Å². The maximum absolute atomic E-state index is 5.90. The lowest BCUT2D eigenvalue weighted by Crippen LogP contribution is -2.17. The molecule has 0 aliphatic carbocycles. The molecule has 0 bridgehead atoms. The lowest BCUT2D eigenvalue weighted by Gasteiger charge is -2.06. The van der Waals surface area contributed by atoms with Crippen LogP contribution in [0.2, 0.25) is 0 Å². The quantitative estimate of drug-likeness (QED) is 0.880. The molecule has 3 heteroatoms. The number of fused-ring (bicyclic) bond motifs is 1. The first-order valence-electron chi connectivity index (χ1n) is 6.07. The topological polar surface area (TPSA) is 40.2 Å². The van der Waals surface area contributed by atoms with Crippen LogP contribution in [-0.4, -0.2) is 17.7 Å². The van der Waals surface area contributed by atoms with Gasteiger partial charge in [-0.25, -0.2) is 0 Å². The number of nitrogens with zero attached hydrogens (tertiary/aromatic N) is 1. The molecule has 3 nitrogen and oxygen atoms in total. The van der Waals surface area contributed by atoms with E-state index in [4.69, 9.17) is 10.5 Å². The Morgan fingerprint density at radius 3 is 2.76 bits per heavy atom. The molecule has 92 valence electrons. The van der Waals surface area contributed by atoms with Crippen LogP contribution in [0, 0.1) is 0 Å². The van der Waals surface area contributed by atoms with Crippen molar-refractivity contribution in [2.24, 2.45) is 5.73 Å². The van der Waals surface area contributed by atoms with E-state index in [0.717, 1.165) is 18.7 Å². The van der Waals surface area contributed by atoms with Gasteiger partial charge >= 0.3 is 0 Å². The first-order valence-corrected chi connectivity index (χ1v) is 6.07. The van der Waals surface area contributed by atoms with Crippen molar-refractivity contribution in [1.29, 1.82) is 0 Å². The number of nitrogens with two attached hydrogens (primary N) is 1. The standard InChI is InChI=1S/C14H20N2O/c1-4-16-9-11(8-10(2)15)12-6-5-7-13(17-3)14(12)16/h5-7,9-10H,4,8,15H2,1-3H3. The summed E-state index contributed by atoms with van der Waals surface area (Å²) in [4.78, 5) is 0. The molecule has 1 aromatic heterocycles. The fraction of sp³-hybridized carbons (Fsp3) is 0.429. The molecule has 2 rings (SSSR count). The molecule has 0 aliphatic rings. The number of ether oxygens (including phenoxy) is 1. The Bertz CT molecular complexity index is 514. The number of rotatable bonds is 4. The van der Waals surface area contributed by atoms with Crippen LogP contribution in [0.1, 0.15) is 19.4 Å². The maximum atomic E-state index is 5.90. The number of aryl methyl sites for hydroxylation is 1. The number of hydrogen-bond donors (Lipinski definition) is 1. The normalized spacial score (nSPS) is 12.9. The second-order valence-corrected chi connectivity index (χ2v) is 4.48. The van der Waals surface area contributed by atoms with Crippen LogP contribution in [0.3, 0.4) is 0 Å². The summed E-state index contributed by atoms with van der Waals surface area (Å²) in [5.41, 5.74) is 8.37. The van der Waals surface area contributed by atoms with Gasteiger partial charge in [-0.3, -0.25) is 0 Å². The van der Waals surface area contributed by atoms with Gasteiger partial charge in [-0.2, -0.15) is 0 Å². The second-order valence-electron chi connectivity index (χ2n) is 4.48. The van der Waals surface area contributed by atoms with Gasteiger partial charge in [-0.05, 0) is 31.9 Å². The van der Waals surface area contributed by atoms with E-state index < -0.39 is 0 Å². The average Bonchev–Trinajstić information content (AvgIpc) is 2.67. The van der Waals surface area contributed by atoms with E-state index in [1.807, 2.05) is 19.1 Å². The Balaban J connectivity index is 2.63. The Kier molecular flexibility index (Phi) is 3.38. The van der Waals surface area contributed by atoms with E-state index in [-0.39, 0.29) is 6.04 Å². The minimum absolute atomic E-state index is 0.178. The number of hydrogen-bond acceptors (Lipinski definition) is 2. The first-order chi connectivity index (χ1) is 8.17. The fourth-order valence-electron chi connectivity index (χ4n) is 2.32. The predicted octanol–water partition coefficient (Wildman–Crippen LogP) is 2.56. The summed E-state index contributed by atoms with van der Waals surface area (Å²) in [5, 5.41) is 1.25. The maximum Gasteiger partial charge on any atom is 0.143 e. The molecule has 0 saturated carbocycles. The summed E-state index contributed by atoms with van der Waals surface area (Å²) in [7, 11) is 1.72. The molecule has 0 spiro atoms. The molecule has 0 aliphatic heterocycles. The van der Waals surface area contributed by atoms with Gasteiger partial charge in [0.2, 0.25) is 0 Å². The third-order valence-corrected chi connectivity index (χ3v) is 3.05. The number of methoxy groups -OCH3 is 1. The third-order valence-electron chi connectivity index (χ3n) is 3.05. The molecule has 2 N–H and O–H groups in total. The van der Waals surface area contributed by atoms with Gasteiger partial charge in [0.25, 0.3) is 0 Å². The summed E-state index contributed by atoms with van der Waals surface area (Å²) in [6.07, 6.45) is 3.09. The van der Waals surface area contributed by atoms with Crippen molar-refractivity contribution in [3.8, 4) is 5.75 Å². The Morgan fingerprint density at radius 2 is 2.18 bits per heavy atom. The minimum atomic E-state index is 0.178. The fourth-order valence-corrected chi connectivity index (χ4v) is 2.32. The Hall–Kier alpha value is -1.48. The summed E-state index contributed by atoms with van der Waals surface area (Å²) in [5.74, 6) is 0.931. The van der Waals surface area contributed by atoms with Crippen LogP contribution in [0.15, 0.2) is 24.4 Å². The molecule has 2 aromatic rings. The van der Waals surface area contributed by atoms with Gasteiger partial charge in [0.05, 0.1) is 12.6 Å². The molecule has 0 saturated heterocycles. The van der Waals surface area contributed by atoms with Crippen LogP contribution in [0.25, 0.3) is 10.9 Å². The van der Waals surface area contributed by atoms with Crippen molar-refractivity contribution < 1.29 is 4.74 Å². The molecular weight excluding hydrogens is 212 g/mol. The van der Waals surface area contributed by atoms with E-state index in [9.17, 15) is 0 Å². The molecule has 0 amide bonds. The molecule has 17 heavy (non-hydrogen) atoms. The van der Waals surface area contributed by atoms with E-state index in [2.05, 4.69) is 23.8 Å². The Morgan fingerprint density at radius 1 is 1.41 bits per heavy atom. The zero-order valence-corrected chi connectivity index (χ0v) is 10.7. The molecule has 1 aromatic carbocycles. The zero-order valence-electron chi connectivity index (χ0n) is 10.7. The highest BCUT2D eigenvalue weighted by molar-refractivity contribution is 5.89. The van der Waals surface area contributed by atoms with Crippen LogP contribution in [-0.2, 0) is 13.0 Å². The lowest BCUT2D eigenvalue weighted by molar-refractivity contribution is 0.417. The average molecular weight is 232 g/mol. The van der Waals surface area contributed by atoms with E-state index in [1.54, 1.807) is 7.11 Å². The summed E-state index contributed by atoms with van der Waals surface area (Å²) >= 11 is 0. The number of benzene rings is 1. The van der Waals surface area contributed by atoms with E-state index in [1.165, 1.54) is 16.5 Å². The number of aromatic nitrogens is 1. The molecule has 1 heterocycles. The van der Waals surface area contributed by atoms with Gasteiger partial charge in [-0.1, -0.05) is 12.1 Å².